The number of hydrogen-bond donors (Lipinski definition) is 0. The van der Waals surface area contributed by atoms with Gasteiger partial charge in [0, 0.05) is 0 Å². The van der Waals surface area contributed by atoms with Crippen molar-refractivity contribution >= 4 is 11.9 Å². The van der Waals surface area contributed by atoms with Gasteiger partial charge in [-0.15, -0.1) is 0 Å². The Morgan fingerprint density at radius 1 is 1.29 bits per heavy atom. The highest BCUT2D eigenvalue weighted by atomic mass is 16.6. The van der Waals surface area contributed by atoms with Gasteiger partial charge in [-0.25, -0.2) is 9.59 Å². The molecule has 0 saturated carbocycles. The van der Waals surface area contributed by atoms with E-state index in [4.69, 9.17) is 9.47 Å². The largest absolute Gasteiger partial charge is 0.463 e. The van der Waals surface area contributed by atoms with Gasteiger partial charge in [0.15, 0.2) is 6.61 Å². The van der Waals surface area contributed by atoms with Crippen molar-refractivity contribution in [1.82, 2.24) is 0 Å². The maximum atomic E-state index is 11.4. The predicted octanol–water partition coefficient (Wildman–Crippen LogP) is 1.99. The molecule has 0 fully saturated rings. The van der Waals surface area contributed by atoms with E-state index in [1.54, 1.807) is 24.3 Å². The second kappa shape index (κ2) is 7.44. The molecule has 1 aromatic carbocycles. The Morgan fingerprint density at radius 3 is 2.76 bits per heavy atom. The number of carbonyl (C=O) groups excluding carboxylic acids is 2. The van der Waals surface area contributed by atoms with E-state index in [9.17, 15) is 9.59 Å². The SMILES string of the molecule is CCCCOC(=O)COC(=O)c1[c]cccc1. The van der Waals surface area contributed by atoms with Crippen LogP contribution in [0.2, 0.25) is 0 Å². The quantitative estimate of drug-likeness (QED) is 0.559. The van der Waals surface area contributed by atoms with Gasteiger partial charge in [-0.3, -0.25) is 0 Å². The zero-order valence-corrected chi connectivity index (χ0v) is 9.77. The fourth-order valence-electron chi connectivity index (χ4n) is 1.09. The molecule has 0 heterocycles. The zero-order chi connectivity index (χ0) is 12.5. The Bertz CT molecular complexity index is 359. The van der Waals surface area contributed by atoms with Crippen LogP contribution in [0.25, 0.3) is 0 Å². The van der Waals surface area contributed by atoms with Crippen LogP contribution < -0.4 is 0 Å². The number of carbonyl (C=O) groups is 2. The fourth-order valence-corrected chi connectivity index (χ4v) is 1.09. The van der Waals surface area contributed by atoms with Crippen LogP contribution in [0.3, 0.4) is 0 Å². The summed E-state index contributed by atoms with van der Waals surface area (Å²) in [7, 11) is 0. The highest BCUT2D eigenvalue weighted by molar-refractivity contribution is 5.90. The van der Waals surface area contributed by atoms with Gasteiger partial charge in [-0.2, -0.15) is 0 Å². The predicted molar refractivity (Wildman–Crippen MR) is 61.4 cm³/mol. The van der Waals surface area contributed by atoms with E-state index in [1.807, 2.05) is 6.92 Å². The number of rotatable bonds is 6. The van der Waals surface area contributed by atoms with Crippen LogP contribution in [0.15, 0.2) is 24.3 Å². The van der Waals surface area contributed by atoms with E-state index in [1.165, 1.54) is 0 Å². The Balaban J connectivity index is 2.26. The molecule has 0 N–H and O–H groups in total. The number of ether oxygens (including phenoxy) is 2. The Labute approximate surface area is 101 Å². The molecule has 0 spiro atoms. The fraction of sp³-hybridized carbons (Fsp3) is 0.385. The molecular formula is C13H15O4. The van der Waals surface area contributed by atoms with Crippen molar-refractivity contribution in [3.63, 3.8) is 0 Å². The molecule has 0 saturated heterocycles. The molecule has 1 aromatic rings. The van der Waals surface area contributed by atoms with Crippen molar-refractivity contribution in [2.45, 2.75) is 19.8 Å². The van der Waals surface area contributed by atoms with Crippen LogP contribution in [-0.4, -0.2) is 25.2 Å². The Hall–Kier alpha value is -1.84. The van der Waals surface area contributed by atoms with Gasteiger partial charge < -0.3 is 9.47 Å². The van der Waals surface area contributed by atoms with E-state index < -0.39 is 11.9 Å². The third kappa shape index (κ3) is 5.15. The molecule has 91 valence electrons. The summed E-state index contributed by atoms with van der Waals surface area (Å²) >= 11 is 0. The third-order valence-electron chi connectivity index (χ3n) is 2.01. The van der Waals surface area contributed by atoms with Crippen LogP contribution in [0.5, 0.6) is 0 Å². The molecule has 0 aliphatic rings. The van der Waals surface area contributed by atoms with Crippen LogP contribution in [0.1, 0.15) is 30.1 Å². The average Bonchev–Trinajstić information content (AvgIpc) is 2.37. The summed E-state index contributed by atoms with van der Waals surface area (Å²) in [6.45, 7) is 2.01. The Morgan fingerprint density at radius 2 is 2.12 bits per heavy atom. The molecule has 0 bridgehead atoms. The second-order valence-corrected chi connectivity index (χ2v) is 3.43. The van der Waals surface area contributed by atoms with Crippen LogP contribution >= 0.6 is 0 Å². The number of esters is 2. The molecule has 0 aliphatic carbocycles. The van der Waals surface area contributed by atoms with Gasteiger partial charge in [0.2, 0.25) is 0 Å². The molecule has 0 aromatic heterocycles. The summed E-state index contributed by atoms with van der Waals surface area (Å²) in [6, 6.07) is 9.35. The lowest BCUT2D eigenvalue weighted by molar-refractivity contribution is -0.147. The minimum absolute atomic E-state index is 0.300. The number of unbranched alkanes of at least 4 members (excludes halogenated alkanes) is 1. The monoisotopic (exact) mass is 235 g/mol. The zero-order valence-electron chi connectivity index (χ0n) is 9.77. The van der Waals surface area contributed by atoms with Gasteiger partial charge in [-0.1, -0.05) is 31.5 Å². The van der Waals surface area contributed by atoms with E-state index in [0.29, 0.717) is 12.2 Å². The smallest absolute Gasteiger partial charge is 0.344 e. The third-order valence-corrected chi connectivity index (χ3v) is 2.01. The summed E-state index contributed by atoms with van der Waals surface area (Å²) < 4.78 is 9.62. The van der Waals surface area contributed by atoms with Gasteiger partial charge in [0.25, 0.3) is 0 Å². The lowest BCUT2D eigenvalue weighted by Crippen LogP contribution is -2.17. The topological polar surface area (TPSA) is 52.6 Å². The summed E-state index contributed by atoms with van der Waals surface area (Å²) in [5, 5.41) is 0. The summed E-state index contributed by atoms with van der Waals surface area (Å²) in [6.07, 6.45) is 1.76. The highest BCUT2D eigenvalue weighted by Gasteiger charge is 2.10. The van der Waals surface area contributed by atoms with Crippen LogP contribution in [0, 0.1) is 6.07 Å². The molecule has 0 atom stereocenters. The molecule has 4 heteroatoms. The van der Waals surface area contributed by atoms with E-state index in [-0.39, 0.29) is 6.61 Å². The summed E-state index contributed by atoms with van der Waals surface area (Å²) in [5.74, 6) is -1.10. The molecule has 1 rings (SSSR count). The number of benzene rings is 1. The maximum absolute atomic E-state index is 11.4. The normalized spacial score (nSPS) is 9.71. The van der Waals surface area contributed by atoms with Crippen molar-refractivity contribution in [3.8, 4) is 0 Å². The lowest BCUT2D eigenvalue weighted by Gasteiger charge is -2.05. The minimum atomic E-state index is -0.571. The molecule has 0 aliphatic heterocycles. The van der Waals surface area contributed by atoms with E-state index in [0.717, 1.165) is 12.8 Å². The van der Waals surface area contributed by atoms with Crippen molar-refractivity contribution in [3.05, 3.63) is 35.9 Å². The van der Waals surface area contributed by atoms with Gasteiger partial charge in [0.05, 0.1) is 12.2 Å². The highest BCUT2D eigenvalue weighted by Crippen LogP contribution is 2.00. The lowest BCUT2D eigenvalue weighted by atomic mass is 10.2. The van der Waals surface area contributed by atoms with E-state index in [2.05, 4.69) is 6.07 Å². The first kappa shape index (κ1) is 13.2. The van der Waals surface area contributed by atoms with Crippen LogP contribution in [-0.2, 0) is 14.3 Å². The first-order valence-corrected chi connectivity index (χ1v) is 5.53. The Kier molecular flexibility index (Phi) is 5.79. The molecular weight excluding hydrogens is 220 g/mol. The van der Waals surface area contributed by atoms with Crippen molar-refractivity contribution in [1.29, 1.82) is 0 Å². The molecule has 0 amide bonds. The number of hydrogen-bond acceptors (Lipinski definition) is 4. The molecule has 4 nitrogen and oxygen atoms in total. The van der Waals surface area contributed by atoms with E-state index >= 15 is 0 Å². The first-order chi connectivity index (χ1) is 8.24. The second-order valence-electron chi connectivity index (χ2n) is 3.43. The van der Waals surface area contributed by atoms with Crippen molar-refractivity contribution < 1.29 is 19.1 Å². The summed E-state index contributed by atoms with van der Waals surface area (Å²) in [4.78, 5) is 22.6. The molecule has 17 heavy (non-hydrogen) atoms. The van der Waals surface area contributed by atoms with Crippen molar-refractivity contribution in [2.24, 2.45) is 0 Å². The van der Waals surface area contributed by atoms with Gasteiger partial charge in [0.1, 0.15) is 0 Å². The maximum Gasteiger partial charge on any atom is 0.344 e. The minimum Gasteiger partial charge on any atom is -0.463 e. The molecule has 1 radical (unpaired) electrons. The summed E-state index contributed by atoms with van der Waals surface area (Å²) in [5.41, 5.74) is 0.300. The molecule has 0 unspecified atom stereocenters. The average molecular weight is 235 g/mol. The van der Waals surface area contributed by atoms with Gasteiger partial charge in [-0.05, 0) is 18.6 Å². The van der Waals surface area contributed by atoms with Crippen LogP contribution in [0.4, 0.5) is 0 Å². The first-order valence-electron chi connectivity index (χ1n) is 5.53. The standard InChI is InChI=1S/C13H15O4/c1-2-3-9-16-12(14)10-17-13(15)11-7-5-4-6-8-11/h4-7H,2-3,9-10H2,1H3. The van der Waals surface area contributed by atoms with Gasteiger partial charge >= 0.3 is 11.9 Å². The van der Waals surface area contributed by atoms with Crippen molar-refractivity contribution in [2.75, 3.05) is 13.2 Å².